The maximum atomic E-state index is 8.42. The van der Waals surface area contributed by atoms with E-state index >= 15 is 0 Å². The molecule has 0 aliphatic heterocycles. The SMILES string of the molecule is [NH4+].[NH4+].[NH4+].[O-]B([O-])[O-]. The van der Waals surface area contributed by atoms with Gasteiger partial charge in [-0.2, -0.15) is 0 Å². The van der Waals surface area contributed by atoms with Crippen molar-refractivity contribution in [3.05, 3.63) is 0 Å². The Bertz CT molecular complexity index is 14.9. The first-order valence-electron chi connectivity index (χ1n) is 0.707. The summed E-state index contributed by atoms with van der Waals surface area (Å²) in [6, 6.07) is 0. The van der Waals surface area contributed by atoms with Crippen molar-refractivity contribution < 1.29 is 15.1 Å². The third-order valence-electron chi connectivity index (χ3n) is 0. The average Bonchev–Trinajstić information content (AvgIpc) is 0.811. The summed E-state index contributed by atoms with van der Waals surface area (Å²) >= 11 is 0. The molecule has 0 saturated carbocycles. The first kappa shape index (κ1) is 29.0. The van der Waals surface area contributed by atoms with E-state index in [0.717, 1.165) is 0 Å². The van der Waals surface area contributed by atoms with Crippen molar-refractivity contribution in [3.8, 4) is 0 Å². The summed E-state index contributed by atoms with van der Waals surface area (Å²) in [5.74, 6) is 0. The van der Waals surface area contributed by atoms with Gasteiger partial charge in [0.1, 0.15) is 0 Å². The fourth-order valence-electron chi connectivity index (χ4n) is 0. The zero-order valence-corrected chi connectivity index (χ0v) is 4.80. The summed E-state index contributed by atoms with van der Waals surface area (Å²) in [5.41, 5.74) is 0. The van der Waals surface area contributed by atoms with Crippen molar-refractivity contribution in [3.63, 3.8) is 0 Å². The molecule has 0 bridgehead atoms. The molecule has 6 nitrogen and oxygen atoms in total. The first-order chi connectivity index (χ1) is 1.73. The highest BCUT2D eigenvalue weighted by atomic mass is 16.5. The van der Waals surface area contributed by atoms with Crippen LogP contribution in [0.25, 0.3) is 0 Å². The molecule has 0 aromatic carbocycles. The summed E-state index contributed by atoms with van der Waals surface area (Å²) in [7, 11) is -2.92. The van der Waals surface area contributed by atoms with E-state index in [-0.39, 0.29) is 18.5 Å². The number of hydrogen-bond acceptors (Lipinski definition) is 3. The van der Waals surface area contributed by atoms with Gasteiger partial charge in [0.25, 0.3) is 0 Å². The van der Waals surface area contributed by atoms with Gasteiger partial charge in [-0.15, -0.1) is 0 Å². The molecule has 48 valence electrons. The molecule has 0 rings (SSSR count). The molecule has 0 fully saturated rings. The smallest absolute Gasteiger partial charge is 0.278 e. The molecule has 0 aromatic heterocycles. The Labute approximate surface area is 42.1 Å². The van der Waals surface area contributed by atoms with Crippen LogP contribution in [0.5, 0.6) is 0 Å². The van der Waals surface area contributed by atoms with Crippen LogP contribution in [0.2, 0.25) is 0 Å². The van der Waals surface area contributed by atoms with Gasteiger partial charge in [-0.3, -0.25) is 7.32 Å². The van der Waals surface area contributed by atoms with Gasteiger partial charge in [-0.1, -0.05) is 0 Å². The summed E-state index contributed by atoms with van der Waals surface area (Å²) in [6.07, 6.45) is 0. The van der Waals surface area contributed by atoms with Crippen LogP contribution >= 0.6 is 0 Å². The van der Waals surface area contributed by atoms with Crippen LogP contribution in [0.3, 0.4) is 0 Å². The second-order valence-electron chi connectivity index (χ2n) is 0.289. The molecule has 0 aliphatic carbocycles. The quantitative estimate of drug-likeness (QED) is 0.287. The number of rotatable bonds is 0. The van der Waals surface area contributed by atoms with Gasteiger partial charge in [0.15, 0.2) is 0 Å². The molecule has 0 heterocycles. The Morgan fingerprint density at radius 2 is 0.714 bits per heavy atom. The lowest BCUT2D eigenvalue weighted by atomic mass is 10.3. The highest BCUT2D eigenvalue weighted by Gasteiger charge is 1.17. The van der Waals surface area contributed by atoms with Crippen LogP contribution in [0.15, 0.2) is 0 Å². The Kier molecular flexibility index (Phi) is 70.4. The monoisotopic (exact) mass is 113 g/mol. The van der Waals surface area contributed by atoms with Crippen molar-refractivity contribution >= 4 is 7.32 Å². The molecule has 0 unspecified atom stereocenters. The van der Waals surface area contributed by atoms with E-state index in [1.807, 2.05) is 0 Å². The fourth-order valence-corrected chi connectivity index (χ4v) is 0. The normalized spacial score (nSPS) is 3.86. The van der Waals surface area contributed by atoms with Gasteiger partial charge in [0, 0.05) is 0 Å². The van der Waals surface area contributed by atoms with Crippen LogP contribution in [0.4, 0.5) is 0 Å². The average molecular weight is 113 g/mol. The third kappa shape index (κ3) is 2780. The van der Waals surface area contributed by atoms with Crippen LogP contribution in [0.1, 0.15) is 0 Å². The maximum Gasteiger partial charge on any atom is -0.278 e. The molecule has 0 atom stereocenters. The van der Waals surface area contributed by atoms with Gasteiger partial charge in [-0.05, 0) is 0 Å². The molecule has 7 heteroatoms. The Morgan fingerprint density at radius 1 is 0.714 bits per heavy atom. The molecule has 0 amide bonds. The van der Waals surface area contributed by atoms with E-state index in [1.165, 1.54) is 0 Å². The van der Waals surface area contributed by atoms with E-state index < -0.39 is 7.32 Å². The lowest BCUT2D eigenvalue weighted by Gasteiger charge is -2.35. The molecule has 0 saturated heterocycles. The standard InChI is InChI=1S/BO3.3H3N/c2-1(3)4;;;/h;3*1H3/q-3;;;/p+3. The van der Waals surface area contributed by atoms with E-state index in [0.29, 0.717) is 0 Å². The largest absolute Gasteiger partial charge is 0.907 e. The molecule has 0 spiro atoms. The predicted octanol–water partition coefficient (Wildman–Crippen LogP) is -2.82. The Balaban J connectivity index is -0.0000000150. The van der Waals surface area contributed by atoms with Crippen LogP contribution in [0, 0.1) is 0 Å². The fraction of sp³-hybridized carbons (Fsp3) is 0. The molecular formula is H12BN3O3. The third-order valence-corrected chi connectivity index (χ3v) is 0. The minimum atomic E-state index is -2.92. The van der Waals surface area contributed by atoms with Crippen molar-refractivity contribution in [2.75, 3.05) is 0 Å². The molecule has 7 heavy (non-hydrogen) atoms. The van der Waals surface area contributed by atoms with E-state index in [2.05, 4.69) is 0 Å². The minimum absolute atomic E-state index is 0. The van der Waals surface area contributed by atoms with Crippen LogP contribution in [-0.2, 0) is 0 Å². The van der Waals surface area contributed by atoms with Crippen molar-refractivity contribution in [1.29, 1.82) is 0 Å². The van der Waals surface area contributed by atoms with Gasteiger partial charge in [0.05, 0.1) is 0 Å². The number of hydrogen-bond donors (Lipinski definition) is 3. The van der Waals surface area contributed by atoms with Crippen molar-refractivity contribution in [2.45, 2.75) is 0 Å². The highest BCUT2D eigenvalue weighted by Crippen LogP contribution is 0.994. The summed E-state index contributed by atoms with van der Waals surface area (Å²) < 4.78 is 0. The zero-order chi connectivity index (χ0) is 3.58. The Hall–Kier alpha value is -0.175. The zero-order valence-electron chi connectivity index (χ0n) is 4.80. The highest BCUT2D eigenvalue weighted by molar-refractivity contribution is 6.24. The van der Waals surface area contributed by atoms with E-state index in [4.69, 9.17) is 15.1 Å². The lowest BCUT2D eigenvalue weighted by Crippen LogP contribution is -2.56. The van der Waals surface area contributed by atoms with Crippen LogP contribution in [-0.4, -0.2) is 7.32 Å². The van der Waals surface area contributed by atoms with Crippen molar-refractivity contribution in [2.24, 2.45) is 0 Å². The van der Waals surface area contributed by atoms with Crippen LogP contribution < -0.4 is 33.5 Å². The molecule has 0 aromatic rings. The molecular weight excluding hydrogens is 101 g/mol. The summed E-state index contributed by atoms with van der Waals surface area (Å²) in [4.78, 5) is 0. The maximum absolute atomic E-state index is 8.42. The second kappa shape index (κ2) is 17.0. The van der Waals surface area contributed by atoms with Gasteiger partial charge < -0.3 is 33.5 Å². The molecule has 12 N–H and O–H groups in total. The second-order valence-corrected chi connectivity index (χ2v) is 0.289. The number of quaternary nitrogens is 3. The van der Waals surface area contributed by atoms with E-state index in [1.54, 1.807) is 0 Å². The van der Waals surface area contributed by atoms with E-state index in [9.17, 15) is 0 Å². The first-order valence-corrected chi connectivity index (χ1v) is 0.707. The minimum Gasteiger partial charge on any atom is -0.907 e. The Morgan fingerprint density at radius 3 is 0.714 bits per heavy atom. The summed E-state index contributed by atoms with van der Waals surface area (Å²) in [5, 5.41) is 25.2. The topological polar surface area (TPSA) is 179 Å². The lowest BCUT2D eigenvalue weighted by molar-refractivity contribution is -0.479. The summed E-state index contributed by atoms with van der Waals surface area (Å²) in [6.45, 7) is 0. The molecule has 0 aliphatic rings. The molecule has 0 radical (unpaired) electrons. The van der Waals surface area contributed by atoms with Gasteiger partial charge in [-0.25, -0.2) is 0 Å². The predicted molar refractivity (Wildman–Crippen MR) is 23.7 cm³/mol. The van der Waals surface area contributed by atoms with Gasteiger partial charge in [0.2, 0.25) is 0 Å². The van der Waals surface area contributed by atoms with Crippen molar-refractivity contribution in [1.82, 2.24) is 18.5 Å². The van der Waals surface area contributed by atoms with Gasteiger partial charge >= 0.3 is 0 Å².